The van der Waals surface area contributed by atoms with Crippen molar-refractivity contribution in [3.63, 3.8) is 0 Å². The monoisotopic (exact) mass is 857 g/mol. The molecule has 3 aromatic heterocycles. The number of nitrogens with one attached hydrogen (secondary N) is 3. The SMILES string of the molecule is CCCSc1nc(NCCN)c(N)c(N(N)Cc2ccc(C#CCNC(=O)C3CCN(CCNCc4ccc5c(c4)c4ccc(-c6cc(C)cs6)cc4n5CC)CC3)cc2)n1. The number of fused-ring (bicyclic) bond motifs is 3. The molecule has 0 saturated carbocycles. The van der Waals surface area contributed by atoms with Crippen molar-refractivity contribution in [3.8, 4) is 22.3 Å². The molecule has 3 aromatic carbocycles. The lowest BCUT2D eigenvalue weighted by Crippen LogP contribution is -2.42. The molecule has 14 heteroatoms. The van der Waals surface area contributed by atoms with Crippen LogP contribution in [0, 0.1) is 24.7 Å². The second kappa shape index (κ2) is 21.1. The number of hydrazine groups is 1. The molecule has 1 amide bonds. The quantitative estimate of drug-likeness (QED) is 0.0132. The summed E-state index contributed by atoms with van der Waals surface area (Å²) in [6.07, 6.45) is 2.71. The molecule has 0 atom stereocenters. The van der Waals surface area contributed by atoms with E-state index in [2.05, 4.69) is 116 Å². The third kappa shape index (κ3) is 11.0. The number of carbonyl (C=O) groups excluding carboxylic acids is 1. The zero-order valence-corrected chi connectivity index (χ0v) is 37.2. The summed E-state index contributed by atoms with van der Waals surface area (Å²) in [6.45, 7) is 13.7. The van der Waals surface area contributed by atoms with Gasteiger partial charge in [-0.1, -0.05) is 60.9 Å². The second-order valence-electron chi connectivity index (χ2n) is 15.6. The number of hydrogen-bond donors (Lipinski definition) is 6. The Morgan fingerprint density at radius 3 is 2.52 bits per heavy atom. The summed E-state index contributed by atoms with van der Waals surface area (Å²) in [7, 11) is 0. The number of aromatic nitrogens is 3. The summed E-state index contributed by atoms with van der Waals surface area (Å²) < 4.78 is 2.43. The van der Waals surface area contributed by atoms with Crippen molar-refractivity contribution in [2.24, 2.45) is 17.5 Å². The number of amides is 1. The van der Waals surface area contributed by atoms with Crippen LogP contribution in [0.15, 0.2) is 77.3 Å². The van der Waals surface area contributed by atoms with Crippen LogP contribution in [0.5, 0.6) is 0 Å². The number of thiophene rings is 1. The average Bonchev–Trinajstić information content (AvgIpc) is 3.86. The molecule has 9 N–H and O–H groups in total. The molecule has 1 aliphatic rings. The highest BCUT2D eigenvalue weighted by Crippen LogP contribution is 2.35. The first-order chi connectivity index (χ1) is 29.7. The third-order valence-electron chi connectivity index (χ3n) is 11.1. The average molecular weight is 858 g/mol. The number of nitrogen functional groups attached to an aromatic ring is 1. The minimum Gasteiger partial charge on any atom is -0.393 e. The Bertz CT molecular complexity index is 2480. The van der Waals surface area contributed by atoms with E-state index < -0.39 is 0 Å². The van der Waals surface area contributed by atoms with E-state index in [1.807, 2.05) is 35.6 Å². The highest BCUT2D eigenvalue weighted by atomic mass is 32.2. The Kier molecular flexibility index (Phi) is 15.2. The zero-order chi connectivity index (χ0) is 42.7. The van der Waals surface area contributed by atoms with E-state index in [0.29, 0.717) is 48.7 Å². The van der Waals surface area contributed by atoms with E-state index in [4.69, 9.17) is 17.3 Å². The Balaban J connectivity index is 0.825. The smallest absolute Gasteiger partial charge is 0.223 e. The lowest BCUT2D eigenvalue weighted by atomic mass is 9.96. The molecule has 1 fully saturated rings. The minimum atomic E-state index is 0.0183. The van der Waals surface area contributed by atoms with Crippen LogP contribution in [-0.4, -0.2) is 76.9 Å². The Hall–Kier alpha value is -5.14. The van der Waals surface area contributed by atoms with Gasteiger partial charge in [0.2, 0.25) is 5.91 Å². The van der Waals surface area contributed by atoms with Gasteiger partial charge in [0.25, 0.3) is 0 Å². The summed E-state index contributed by atoms with van der Waals surface area (Å²) in [5.74, 6) is 14.7. The molecule has 0 bridgehead atoms. The molecule has 0 aliphatic carbocycles. The van der Waals surface area contributed by atoms with Gasteiger partial charge in [0, 0.05) is 83.2 Å². The van der Waals surface area contributed by atoms with Crippen molar-refractivity contribution in [3.05, 3.63) is 94.4 Å². The molecule has 6 aromatic rings. The molecule has 12 nitrogen and oxygen atoms in total. The lowest BCUT2D eigenvalue weighted by Gasteiger charge is -2.31. The van der Waals surface area contributed by atoms with E-state index in [-0.39, 0.29) is 11.8 Å². The fraction of sp³-hybridized carbons (Fsp3) is 0.383. The van der Waals surface area contributed by atoms with Crippen LogP contribution in [-0.2, 0) is 24.4 Å². The van der Waals surface area contributed by atoms with Crippen LogP contribution in [0.1, 0.15) is 55.4 Å². The maximum absolute atomic E-state index is 13.0. The molecular formula is C47H59N11OS2. The van der Waals surface area contributed by atoms with Gasteiger partial charge in [-0.2, -0.15) is 0 Å². The molecule has 0 radical (unpaired) electrons. The summed E-state index contributed by atoms with van der Waals surface area (Å²) in [4.78, 5) is 26.0. The molecular weight excluding hydrogens is 799 g/mol. The highest BCUT2D eigenvalue weighted by molar-refractivity contribution is 7.99. The fourth-order valence-electron chi connectivity index (χ4n) is 7.85. The predicted molar refractivity (Wildman–Crippen MR) is 256 cm³/mol. The second-order valence-corrected chi connectivity index (χ2v) is 17.6. The molecule has 0 spiro atoms. The number of hydrogen-bond acceptors (Lipinski definition) is 12. The number of likely N-dealkylation sites (tertiary alicyclic amines) is 1. The van der Waals surface area contributed by atoms with Crippen molar-refractivity contribution >= 4 is 68.1 Å². The first-order valence-corrected chi connectivity index (χ1v) is 23.3. The van der Waals surface area contributed by atoms with E-state index in [1.54, 1.807) is 11.8 Å². The van der Waals surface area contributed by atoms with Crippen molar-refractivity contribution in [2.75, 3.05) is 67.6 Å². The van der Waals surface area contributed by atoms with Gasteiger partial charge in [-0.05, 0) is 110 Å². The number of aryl methyl sites for hydroxylation is 2. The number of benzene rings is 3. The van der Waals surface area contributed by atoms with Crippen LogP contribution in [0.2, 0.25) is 0 Å². The molecule has 1 aliphatic heterocycles. The maximum atomic E-state index is 13.0. The van der Waals surface area contributed by atoms with Crippen LogP contribution in [0.4, 0.5) is 17.3 Å². The van der Waals surface area contributed by atoms with E-state index in [1.165, 1.54) is 48.4 Å². The van der Waals surface area contributed by atoms with Gasteiger partial charge >= 0.3 is 0 Å². The molecule has 1 saturated heterocycles. The third-order valence-corrected chi connectivity index (χ3v) is 13.2. The van der Waals surface area contributed by atoms with Gasteiger partial charge < -0.3 is 36.9 Å². The number of nitrogens with zero attached hydrogens (tertiary/aromatic N) is 5. The van der Waals surface area contributed by atoms with Crippen LogP contribution < -0.4 is 38.3 Å². The summed E-state index contributed by atoms with van der Waals surface area (Å²) in [5.41, 5.74) is 20.8. The Labute approximate surface area is 368 Å². The number of nitrogens with two attached hydrogens (primary N) is 3. The van der Waals surface area contributed by atoms with Gasteiger partial charge in [0.15, 0.2) is 16.8 Å². The van der Waals surface area contributed by atoms with Crippen LogP contribution >= 0.6 is 23.1 Å². The standard InChI is InChI=1S/C47H59N11OS2/c1-4-25-60-47-54-44(52-20-18-48)43(49)45(55-47)58(50)30-34-10-8-33(9-11-34)7-6-19-53-46(59)36-16-22-56(23-17-36)24-21-51-29-35-12-15-40-39(27-35)38-14-13-37(28-41(38)57(40)5-2)42-26-32(3)31-61-42/h8-15,26-28,31,36,51H,4-5,16-25,29-30,48-50H2,1-3H3,(H,53,59)(H,52,54,55). The minimum absolute atomic E-state index is 0.0183. The number of thioether (sulfide) groups is 1. The molecule has 320 valence electrons. The number of piperidine rings is 1. The number of carbonyl (C=O) groups is 1. The Morgan fingerprint density at radius 1 is 0.984 bits per heavy atom. The van der Waals surface area contributed by atoms with Crippen LogP contribution in [0.3, 0.4) is 0 Å². The van der Waals surface area contributed by atoms with E-state index in [0.717, 1.165) is 75.4 Å². The van der Waals surface area contributed by atoms with Gasteiger partial charge in [-0.3, -0.25) is 9.80 Å². The van der Waals surface area contributed by atoms with Crippen molar-refractivity contribution in [1.29, 1.82) is 0 Å². The van der Waals surface area contributed by atoms with Crippen molar-refractivity contribution in [1.82, 2.24) is 30.1 Å². The van der Waals surface area contributed by atoms with Crippen molar-refractivity contribution in [2.45, 2.75) is 64.8 Å². The normalized spacial score (nSPS) is 13.4. The highest BCUT2D eigenvalue weighted by Gasteiger charge is 2.24. The first kappa shape index (κ1) is 43.9. The van der Waals surface area contributed by atoms with Crippen molar-refractivity contribution < 1.29 is 4.79 Å². The number of rotatable bonds is 18. The lowest BCUT2D eigenvalue weighted by molar-refractivity contribution is -0.126. The predicted octanol–water partition coefficient (Wildman–Crippen LogP) is 6.95. The molecule has 0 unspecified atom stereocenters. The summed E-state index contributed by atoms with van der Waals surface area (Å²) in [6, 6.07) is 23.9. The molecule has 61 heavy (non-hydrogen) atoms. The Morgan fingerprint density at radius 2 is 1.79 bits per heavy atom. The molecule has 7 rings (SSSR count). The van der Waals surface area contributed by atoms with Gasteiger partial charge in [0.1, 0.15) is 5.69 Å². The van der Waals surface area contributed by atoms with Gasteiger partial charge in [0.05, 0.1) is 13.1 Å². The first-order valence-electron chi connectivity index (χ1n) is 21.4. The van der Waals surface area contributed by atoms with Gasteiger partial charge in [-0.25, -0.2) is 15.8 Å². The largest absolute Gasteiger partial charge is 0.393 e. The maximum Gasteiger partial charge on any atom is 0.223 e. The zero-order valence-electron chi connectivity index (χ0n) is 35.6. The molecule has 4 heterocycles. The summed E-state index contributed by atoms with van der Waals surface area (Å²) in [5, 5.41) is 16.9. The van der Waals surface area contributed by atoms with Gasteiger partial charge in [-0.15, -0.1) is 11.3 Å². The fourth-order valence-corrected chi connectivity index (χ4v) is 9.44. The summed E-state index contributed by atoms with van der Waals surface area (Å²) >= 11 is 3.37. The van der Waals surface area contributed by atoms with E-state index >= 15 is 0 Å². The van der Waals surface area contributed by atoms with E-state index in [9.17, 15) is 4.79 Å². The number of anilines is 3. The topological polar surface area (TPSA) is 168 Å². The van der Waals surface area contributed by atoms with Crippen LogP contribution in [0.25, 0.3) is 32.2 Å².